The third-order valence-electron chi connectivity index (χ3n) is 2.68. The molecule has 5 heteroatoms. The Morgan fingerprint density at radius 3 is 2.47 bits per heavy atom. The number of aryl methyl sites for hydroxylation is 1. The number of nitrogens with one attached hydrogen (secondary N) is 2. The number of hydrogen-bond donors (Lipinski definition) is 3. The minimum atomic E-state index is -0.349. The molecule has 1 amide bonds. The summed E-state index contributed by atoms with van der Waals surface area (Å²) in [6, 6.07) is 10.8. The maximum atomic E-state index is 12.8. The number of hydrogen-bond acceptors (Lipinski definition) is 3. The fourth-order valence-corrected chi connectivity index (χ4v) is 1.71. The van der Waals surface area contributed by atoms with Crippen molar-refractivity contribution in [2.45, 2.75) is 6.92 Å². The monoisotopic (exact) mass is 259 g/mol. The fraction of sp³-hybridized carbons (Fsp3) is 0.0714. The van der Waals surface area contributed by atoms with Crippen LogP contribution in [0.25, 0.3) is 0 Å². The molecule has 0 heterocycles. The summed E-state index contributed by atoms with van der Waals surface area (Å²) in [6.07, 6.45) is 0. The van der Waals surface area contributed by atoms with Gasteiger partial charge in [-0.05, 0) is 48.9 Å². The Hall–Kier alpha value is -2.40. The van der Waals surface area contributed by atoms with Crippen molar-refractivity contribution >= 4 is 17.3 Å². The maximum Gasteiger partial charge on any atom is 0.257 e. The van der Waals surface area contributed by atoms with Crippen LogP contribution < -0.4 is 16.6 Å². The molecule has 0 aromatic heterocycles. The molecule has 0 spiro atoms. The first kappa shape index (κ1) is 13.0. The van der Waals surface area contributed by atoms with Crippen LogP contribution in [0, 0.1) is 12.7 Å². The summed E-state index contributed by atoms with van der Waals surface area (Å²) in [6.45, 7) is 1.91. The summed E-state index contributed by atoms with van der Waals surface area (Å²) in [5, 5.41) is 2.68. The molecular weight excluding hydrogens is 245 g/mol. The molecule has 2 rings (SSSR count). The van der Waals surface area contributed by atoms with Crippen LogP contribution >= 0.6 is 0 Å². The molecule has 0 fully saturated rings. The summed E-state index contributed by atoms with van der Waals surface area (Å²) in [4.78, 5) is 12.1. The predicted molar refractivity (Wildman–Crippen MR) is 73.3 cm³/mol. The molecule has 0 atom stereocenters. The van der Waals surface area contributed by atoms with Crippen LogP contribution in [0.5, 0.6) is 0 Å². The second-order valence-electron chi connectivity index (χ2n) is 4.15. The molecule has 0 unspecified atom stereocenters. The van der Waals surface area contributed by atoms with Crippen molar-refractivity contribution in [3.63, 3.8) is 0 Å². The van der Waals surface area contributed by atoms with Crippen molar-refractivity contribution in [3.8, 4) is 0 Å². The van der Waals surface area contributed by atoms with Crippen molar-refractivity contribution in [2.24, 2.45) is 5.84 Å². The van der Waals surface area contributed by atoms with Gasteiger partial charge in [-0.15, -0.1) is 0 Å². The highest BCUT2D eigenvalue weighted by molar-refractivity contribution is 6.08. The Labute approximate surface area is 110 Å². The van der Waals surface area contributed by atoms with Gasteiger partial charge in [0.05, 0.1) is 11.3 Å². The van der Waals surface area contributed by atoms with E-state index in [1.54, 1.807) is 12.1 Å². The normalized spacial score (nSPS) is 10.1. The van der Waals surface area contributed by atoms with Gasteiger partial charge in [0, 0.05) is 5.69 Å². The molecule has 2 aromatic carbocycles. The number of anilines is 2. The Balaban J connectivity index is 2.22. The minimum absolute atomic E-state index is 0.306. The molecule has 19 heavy (non-hydrogen) atoms. The molecular formula is C14H14FN3O. The van der Waals surface area contributed by atoms with Crippen LogP contribution in [0.15, 0.2) is 42.5 Å². The first-order valence-corrected chi connectivity index (χ1v) is 5.74. The van der Waals surface area contributed by atoms with Gasteiger partial charge in [0.15, 0.2) is 0 Å². The Bertz CT molecular complexity index is 596. The molecule has 0 aliphatic rings. The zero-order valence-corrected chi connectivity index (χ0v) is 10.4. The molecule has 0 aliphatic carbocycles. The van der Waals surface area contributed by atoms with E-state index in [2.05, 4.69) is 10.7 Å². The largest absolute Gasteiger partial charge is 0.323 e. The smallest absolute Gasteiger partial charge is 0.257 e. The average Bonchev–Trinajstić information content (AvgIpc) is 2.41. The zero-order valence-electron chi connectivity index (χ0n) is 10.4. The number of nitrogens with two attached hydrogens (primary N) is 1. The quantitative estimate of drug-likeness (QED) is 0.586. The van der Waals surface area contributed by atoms with Gasteiger partial charge in [-0.25, -0.2) is 4.39 Å². The van der Waals surface area contributed by atoms with Gasteiger partial charge in [-0.1, -0.05) is 6.07 Å². The van der Waals surface area contributed by atoms with E-state index in [1.165, 1.54) is 24.3 Å². The van der Waals surface area contributed by atoms with E-state index in [4.69, 9.17) is 5.84 Å². The highest BCUT2D eigenvalue weighted by Crippen LogP contribution is 2.18. The number of amides is 1. The van der Waals surface area contributed by atoms with Crippen molar-refractivity contribution in [1.82, 2.24) is 0 Å². The van der Waals surface area contributed by atoms with Gasteiger partial charge in [0.1, 0.15) is 5.82 Å². The molecule has 4 nitrogen and oxygen atoms in total. The van der Waals surface area contributed by atoms with Crippen LogP contribution in [0.4, 0.5) is 15.8 Å². The van der Waals surface area contributed by atoms with Crippen molar-refractivity contribution in [2.75, 3.05) is 10.7 Å². The molecule has 0 saturated carbocycles. The highest BCUT2D eigenvalue weighted by Gasteiger charge is 2.11. The summed E-state index contributed by atoms with van der Waals surface area (Å²) >= 11 is 0. The van der Waals surface area contributed by atoms with E-state index in [-0.39, 0.29) is 11.7 Å². The Morgan fingerprint density at radius 1 is 1.16 bits per heavy atom. The number of nitrogen functional groups attached to an aromatic ring is 1. The number of carbonyl (C=O) groups is 1. The maximum absolute atomic E-state index is 12.8. The highest BCUT2D eigenvalue weighted by atomic mass is 19.1. The first-order chi connectivity index (χ1) is 9.10. The lowest BCUT2D eigenvalue weighted by atomic mass is 10.1. The summed E-state index contributed by atoms with van der Waals surface area (Å²) in [5.41, 5.74) is 4.98. The van der Waals surface area contributed by atoms with Crippen LogP contribution in [0.3, 0.4) is 0 Å². The van der Waals surface area contributed by atoms with Crippen LogP contribution in [0.1, 0.15) is 15.9 Å². The predicted octanol–water partition coefficient (Wildman–Crippen LogP) is 2.67. The van der Waals surface area contributed by atoms with Gasteiger partial charge >= 0.3 is 0 Å². The zero-order chi connectivity index (χ0) is 13.8. The lowest BCUT2D eigenvalue weighted by Gasteiger charge is -2.10. The Morgan fingerprint density at radius 2 is 1.84 bits per heavy atom. The lowest BCUT2D eigenvalue weighted by Crippen LogP contribution is -2.17. The molecule has 4 N–H and O–H groups in total. The molecule has 0 saturated heterocycles. The number of benzene rings is 2. The van der Waals surface area contributed by atoms with E-state index < -0.39 is 0 Å². The average molecular weight is 259 g/mol. The molecule has 0 aliphatic heterocycles. The van der Waals surface area contributed by atoms with Gasteiger partial charge < -0.3 is 10.7 Å². The van der Waals surface area contributed by atoms with Gasteiger partial charge in [0.25, 0.3) is 5.91 Å². The summed E-state index contributed by atoms with van der Waals surface area (Å²) in [7, 11) is 0. The molecule has 0 bridgehead atoms. The van der Waals surface area contributed by atoms with Gasteiger partial charge in [-0.2, -0.15) is 0 Å². The molecule has 0 radical (unpaired) electrons. The van der Waals surface area contributed by atoms with E-state index in [0.717, 1.165) is 5.56 Å². The second-order valence-corrected chi connectivity index (χ2v) is 4.15. The second kappa shape index (κ2) is 5.49. The standard InChI is InChI=1S/C14H14FN3O/c1-9-2-7-12(13(8-9)18-16)14(19)17-11-5-3-10(15)4-6-11/h2-8,18H,16H2,1H3,(H,17,19). The van der Waals surface area contributed by atoms with Crippen LogP contribution in [-0.4, -0.2) is 5.91 Å². The number of rotatable bonds is 3. The lowest BCUT2D eigenvalue weighted by molar-refractivity contribution is 0.102. The summed E-state index contributed by atoms with van der Waals surface area (Å²) in [5.74, 6) is 4.74. The fourth-order valence-electron chi connectivity index (χ4n) is 1.71. The van der Waals surface area contributed by atoms with E-state index in [9.17, 15) is 9.18 Å². The van der Waals surface area contributed by atoms with Gasteiger partial charge in [0.2, 0.25) is 0 Å². The first-order valence-electron chi connectivity index (χ1n) is 5.74. The van der Waals surface area contributed by atoms with E-state index in [0.29, 0.717) is 16.9 Å². The third kappa shape index (κ3) is 3.08. The number of hydrazine groups is 1. The van der Waals surface area contributed by atoms with Crippen molar-refractivity contribution in [3.05, 3.63) is 59.4 Å². The number of halogens is 1. The third-order valence-corrected chi connectivity index (χ3v) is 2.68. The van der Waals surface area contributed by atoms with Crippen LogP contribution in [0.2, 0.25) is 0 Å². The Kier molecular flexibility index (Phi) is 3.77. The minimum Gasteiger partial charge on any atom is -0.323 e. The number of carbonyl (C=O) groups excluding carboxylic acids is 1. The van der Waals surface area contributed by atoms with E-state index >= 15 is 0 Å². The molecule has 2 aromatic rings. The van der Waals surface area contributed by atoms with E-state index in [1.807, 2.05) is 13.0 Å². The van der Waals surface area contributed by atoms with Crippen LogP contribution in [-0.2, 0) is 0 Å². The van der Waals surface area contributed by atoms with Crippen molar-refractivity contribution in [1.29, 1.82) is 0 Å². The molecule has 98 valence electrons. The van der Waals surface area contributed by atoms with Crippen molar-refractivity contribution < 1.29 is 9.18 Å². The SMILES string of the molecule is Cc1ccc(C(=O)Nc2ccc(F)cc2)c(NN)c1. The topological polar surface area (TPSA) is 67.2 Å². The summed E-state index contributed by atoms with van der Waals surface area (Å²) < 4.78 is 12.8. The van der Waals surface area contributed by atoms with Gasteiger partial charge in [-0.3, -0.25) is 10.6 Å².